The SMILES string of the molecule is COc1cccc(CN2CCN(/N=C\c3c4c(O)c5c(O)c(C)c6c(c5c3O)C(=O)[C@@](C)(O/C=C/[C@H](OC)[C@@H](C)[C@@H](OC(C)=O)[C@H](C)[C@H](O)[C@H](C)[C@@H](O)[C@@H](C)/C=C/C=C(/C)C(=O)N4)O6)CC2)c1. The van der Waals surface area contributed by atoms with E-state index in [1.165, 1.54) is 59.4 Å². The molecule has 9 atom stereocenters. The molecule has 3 aromatic carbocycles. The number of Topliss-reactive ketones (excluding diaryl/α,β-unsaturated/α-hetero) is 1. The fraction of sp³-hybridized carbons (Fsp3) is 0.480. The molecule has 0 aliphatic carbocycles. The van der Waals surface area contributed by atoms with Crippen LogP contribution in [0.4, 0.5) is 5.69 Å². The lowest BCUT2D eigenvalue weighted by atomic mass is 9.78. The Hall–Kier alpha value is -6.14. The van der Waals surface area contributed by atoms with Crippen LogP contribution in [0.3, 0.4) is 0 Å². The Kier molecular flexibility index (Phi) is 15.6. The van der Waals surface area contributed by atoms with Crippen molar-refractivity contribution in [2.45, 2.75) is 92.1 Å². The second-order valence-corrected chi connectivity index (χ2v) is 17.9. The van der Waals surface area contributed by atoms with Crippen LogP contribution in [0.15, 0.2) is 65.5 Å². The van der Waals surface area contributed by atoms with E-state index in [0.717, 1.165) is 11.3 Å². The van der Waals surface area contributed by atoms with Crippen molar-refractivity contribution < 1.29 is 63.6 Å². The van der Waals surface area contributed by atoms with E-state index in [1.807, 2.05) is 24.3 Å². The number of rotatable bonds is 7. The minimum Gasteiger partial charge on any atom is -0.507 e. The minimum atomic E-state index is -2.07. The quantitative estimate of drug-likeness (QED) is 0.0700. The zero-order chi connectivity index (χ0) is 49.1. The predicted molar refractivity (Wildman–Crippen MR) is 251 cm³/mol. The molecular weight excluding hydrogens is 865 g/mol. The molecule has 1 fully saturated rings. The highest BCUT2D eigenvalue weighted by Gasteiger charge is 2.50. The van der Waals surface area contributed by atoms with Crippen LogP contribution >= 0.6 is 0 Å². The molecule has 4 heterocycles. The number of phenolic OH excluding ortho intramolecular Hbond substituents is 3. The Morgan fingerprint density at radius 1 is 0.940 bits per heavy atom. The van der Waals surface area contributed by atoms with Crippen LogP contribution < -0.4 is 14.8 Å². The number of piperazine rings is 1. The maximum absolute atomic E-state index is 14.6. The van der Waals surface area contributed by atoms with Gasteiger partial charge in [-0.05, 0) is 37.6 Å². The number of esters is 1. The predicted octanol–water partition coefficient (Wildman–Crippen LogP) is 5.91. The number of aliphatic hydroxyl groups is 2. The van der Waals surface area contributed by atoms with Crippen molar-refractivity contribution in [1.82, 2.24) is 9.91 Å². The number of amides is 1. The number of carbonyl (C=O) groups is 3. The number of ether oxygens (including phenoxy) is 5. The fourth-order valence-corrected chi connectivity index (χ4v) is 9.05. The number of anilines is 1. The molecule has 1 amide bonds. The van der Waals surface area contributed by atoms with E-state index in [9.17, 15) is 39.9 Å². The molecule has 7 rings (SSSR count). The van der Waals surface area contributed by atoms with Crippen LogP contribution in [-0.2, 0) is 30.3 Å². The molecule has 3 aromatic rings. The Balaban J connectivity index is 1.44. The number of methoxy groups -OCH3 is 2. The third-order valence-corrected chi connectivity index (χ3v) is 13.3. The van der Waals surface area contributed by atoms with Crippen LogP contribution in [0, 0.1) is 30.6 Å². The van der Waals surface area contributed by atoms with Gasteiger partial charge in [0, 0.05) is 93.9 Å². The van der Waals surface area contributed by atoms with Crippen LogP contribution in [0.2, 0.25) is 0 Å². The van der Waals surface area contributed by atoms with Crippen LogP contribution in [-0.4, -0.2) is 130 Å². The van der Waals surface area contributed by atoms with Gasteiger partial charge in [-0.15, -0.1) is 0 Å². The summed E-state index contributed by atoms with van der Waals surface area (Å²) < 4.78 is 29.1. The first kappa shape index (κ1) is 50.3. The van der Waals surface area contributed by atoms with E-state index >= 15 is 0 Å². The Bertz CT molecular complexity index is 2480. The number of ketones is 1. The number of nitrogens with zero attached hydrogens (tertiary/aromatic N) is 3. The van der Waals surface area contributed by atoms with Gasteiger partial charge in [-0.2, -0.15) is 5.10 Å². The van der Waals surface area contributed by atoms with Crippen molar-refractivity contribution in [2.75, 3.05) is 45.7 Å². The van der Waals surface area contributed by atoms with Gasteiger partial charge in [0.1, 0.15) is 29.1 Å². The molecule has 0 spiro atoms. The van der Waals surface area contributed by atoms with Gasteiger partial charge in [0.05, 0.1) is 60.1 Å². The summed E-state index contributed by atoms with van der Waals surface area (Å²) in [5.74, 6) is -7.73. The van der Waals surface area contributed by atoms with Gasteiger partial charge in [-0.1, -0.05) is 58.1 Å². The lowest BCUT2D eigenvalue weighted by Crippen LogP contribution is -2.46. The molecule has 17 heteroatoms. The van der Waals surface area contributed by atoms with Gasteiger partial charge >= 0.3 is 11.8 Å². The van der Waals surface area contributed by atoms with Gasteiger partial charge in [0.2, 0.25) is 0 Å². The molecular formula is C50H64N4O13. The van der Waals surface area contributed by atoms with Gasteiger partial charge in [0.25, 0.3) is 11.7 Å². The van der Waals surface area contributed by atoms with Crippen LogP contribution in [0.5, 0.6) is 28.7 Å². The molecule has 17 nitrogen and oxygen atoms in total. The van der Waals surface area contributed by atoms with E-state index in [-0.39, 0.29) is 44.5 Å². The molecule has 0 unspecified atom stereocenters. The van der Waals surface area contributed by atoms with Crippen molar-refractivity contribution >= 4 is 40.3 Å². The molecule has 0 aromatic heterocycles. The second-order valence-electron chi connectivity index (χ2n) is 17.9. The van der Waals surface area contributed by atoms with E-state index in [0.29, 0.717) is 32.7 Å². The van der Waals surface area contributed by atoms with E-state index in [4.69, 9.17) is 23.7 Å². The summed E-state index contributed by atoms with van der Waals surface area (Å²) >= 11 is 0. The standard InChI is InChI=1S/C50H64N4O13/c1-26-13-11-14-27(2)49(62)52-40-35(24-51-54-20-18-53(19-21-54)25-33-15-12-16-34(23-33)63-9)44(59)37-38(45(40)60)43(58)31(6)47-39(37)48(61)50(8,67-47)65-22-17-36(64-10)28(3)46(66-32(7)55)30(5)42(57)29(4)41(26)56/h11-17,22-24,26,28-30,36,41-42,46,56-60H,18-21,25H2,1-10H3,(H,52,62)/b13-11+,22-17+,27-14-,51-24-/t26-,28+,29+,30+,36-,41-,42+,46+,50-/m0/s1. The molecule has 4 aliphatic heterocycles. The van der Waals surface area contributed by atoms with Gasteiger partial charge in [0.15, 0.2) is 5.75 Å². The Morgan fingerprint density at radius 3 is 2.30 bits per heavy atom. The molecule has 67 heavy (non-hydrogen) atoms. The van der Waals surface area contributed by atoms with E-state index < -0.39 is 88.8 Å². The van der Waals surface area contributed by atoms with Gasteiger partial charge in [-0.3, -0.25) is 24.3 Å². The number of phenols is 3. The number of hydrazone groups is 1. The lowest BCUT2D eigenvalue weighted by molar-refractivity contribution is -0.160. The first-order chi connectivity index (χ1) is 31.7. The highest BCUT2D eigenvalue weighted by Crippen LogP contribution is 2.55. The fourth-order valence-electron chi connectivity index (χ4n) is 9.05. The Morgan fingerprint density at radius 2 is 1.64 bits per heavy atom. The number of fused-ring (bicyclic) bond motifs is 14. The van der Waals surface area contributed by atoms with Crippen molar-refractivity contribution in [3.63, 3.8) is 0 Å². The first-order valence-electron chi connectivity index (χ1n) is 22.4. The molecule has 6 N–H and O–H groups in total. The van der Waals surface area contributed by atoms with Crippen LogP contribution in [0.25, 0.3) is 10.8 Å². The third kappa shape index (κ3) is 10.4. The number of aromatic hydroxyl groups is 3. The monoisotopic (exact) mass is 928 g/mol. The number of benzene rings is 3. The summed E-state index contributed by atoms with van der Waals surface area (Å²) in [5.41, 5.74) is 0.674. The first-order valence-corrected chi connectivity index (χ1v) is 22.4. The number of aliphatic hydroxyl groups excluding tert-OH is 2. The smallest absolute Gasteiger partial charge is 0.312 e. The molecule has 362 valence electrons. The summed E-state index contributed by atoms with van der Waals surface area (Å²) in [6.45, 7) is 15.5. The van der Waals surface area contributed by atoms with Gasteiger partial charge < -0.3 is 54.5 Å². The summed E-state index contributed by atoms with van der Waals surface area (Å²) in [7, 11) is 3.06. The van der Waals surface area contributed by atoms with Gasteiger partial charge in [-0.25, -0.2) is 0 Å². The number of carbonyl (C=O) groups excluding carboxylic acids is 3. The topological polar surface area (TPSA) is 229 Å². The lowest BCUT2D eigenvalue weighted by Gasteiger charge is -2.38. The largest absolute Gasteiger partial charge is 0.507 e. The number of hydrogen-bond acceptors (Lipinski definition) is 16. The molecule has 4 aliphatic rings. The molecule has 0 saturated carbocycles. The summed E-state index contributed by atoms with van der Waals surface area (Å²) in [5, 5.41) is 67.6. The average molecular weight is 929 g/mol. The number of hydrogen-bond donors (Lipinski definition) is 6. The second kappa shape index (κ2) is 20.8. The van der Waals surface area contributed by atoms with Crippen molar-refractivity contribution in [2.24, 2.45) is 28.8 Å². The highest BCUT2D eigenvalue weighted by molar-refractivity contribution is 6.23. The maximum Gasteiger partial charge on any atom is 0.312 e. The van der Waals surface area contributed by atoms with Crippen molar-refractivity contribution in [3.05, 3.63) is 82.7 Å². The van der Waals surface area contributed by atoms with Crippen LogP contribution in [0.1, 0.15) is 75.5 Å². The van der Waals surface area contributed by atoms with E-state index in [1.54, 1.807) is 52.0 Å². The zero-order valence-electron chi connectivity index (χ0n) is 39.8. The maximum atomic E-state index is 14.6. The van der Waals surface area contributed by atoms with Crippen molar-refractivity contribution in [1.29, 1.82) is 0 Å². The molecule has 5 bridgehead atoms. The number of allylic oxidation sites excluding steroid dienone is 2. The normalized spacial score (nSPS) is 29.6. The Labute approximate surface area is 390 Å². The highest BCUT2D eigenvalue weighted by atomic mass is 16.7. The molecule has 0 radical (unpaired) electrons. The van der Waals surface area contributed by atoms with Crippen molar-refractivity contribution in [3.8, 4) is 28.7 Å². The summed E-state index contributed by atoms with van der Waals surface area (Å²) in [6, 6.07) is 7.85. The van der Waals surface area contributed by atoms with E-state index in [2.05, 4.69) is 15.3 Å². The summed E-state index contributed by atoms with van der Waals surface area (Å²) in [4.78, 5) is 43.2. The summed E-state index contributed by atoms with van der Waals surface area (Å²) in [6.07, 6.45) is 4.82. The zero-order valence-corrected chi connectivity index (χ0v) is 39.8. The average Bonchev–Trinajstić information content (AvgIpc) is 3.57. The third-order valence-electron chi connectivity index (χ3n) is 13.3. The number of nitrogens with one attached hydrogen (secondary N) is 1. The molecule has 1 saturated heterocycles. The minimum absolute atomic E-state index is 0.0461.